The van der Waals surface area contributed by atoms with Gasteiger partial charge in [-0.2, -0.15) is 0 Å². The number of phenolic OH excluding ortho intramolecular Hbond substituents is 2. The van der Waals surface area contributed by atoms with Crippen molar-refractivity contribution in [1.29, 1.82) is 0 Å². The van der Waals surface area contributed by atoms with E-state index in [0.717, 1.165) is 27.8 Å². The van der Waals surface area contributed by atoms with E-state index in [0.29, 0.717) is 11.5 Å². The maximum Gasteiger partial charge on any atom is 0.135 e. The molecule has 0 bridgehead atoms. The van der Waals surface area contributed by atoms with E-state index in [1.165, 1.54) is 0 Å². The second-order valence-electron chi connectivity index (χ2n) is 7.35. The molecule has 0 saturated carbocycles. The molecule has 29 heavy (non-hydrogen) atoms. The molecule has 0 amide bonds. The third kappa shape index (κ3) is 2.44. The van der Waals surface area contributed by atoms with Gasteiger partial charge in [-0.3, -0.25) is 0 Å². The van der Waals surface area contributed by atoms with Gasteiger partial charge in [-0.25, -0.2) is 0 Å². The average Bonchev–Trinajstić information content (AvgIpc) is 2.76. The molecule has 3 heteroatoms. The first-order valence-electron chi connectivity index (χ1n) is 9.58. The zero-order chi connectivity index (χ0) is 20.0. The number of ether oxygens (including phenoxy) is 1. The molecule has 1 aliphatic rings. The molecule has 1 heterocycles. The lowest BCUT2D eigenvalue weighted by atomic mass is 9.62. The van der Waals surface area contributed by atoms with Gasteiger partial charge in [0.15, 0.2) is 0 Å². The van der Waals surface area contributed by atoms with E-state index in [4.69, 9.17) is 4.74 Å². The highest BCUT2D eigenvalue weighted by molar-refractivity contribution is 5.72. The summed E-state index contributed by atoms with van der Waals surface area (Å²) in [6, 6.07) is 29.2. The van der Waals surface area contributed by atoms with Gasteiger partial charge in [-0.15, -0.1) is 0 Å². The highest BCUT2D eigenvalue weighted by Gasteiger charge is 2.46. The zero-order valence-electron chi connectivity index (χ0n) is 16.0. The van der Waals surface area contributed by atoms with Crippen molar-refractivity contribution in [3.63, 3.8) is 0 Å². The smallest absolute Gasteiger partial charge is 0.135 e. The lowest BCUT2D eigenvalue weighted by molar-refractivity contribution is 0.415. The molecular weight excluding hydrogens is 360 g/mol. The summed E-state index contributed by atoms with van der Waals surface area (Å²) in [5, 5.41) is 20.7. The van der Waals surface area contributed by atoms with Crippen molar-refractivity contribution in [2.24, 2.45) is 0 Å². The molecule has 0 unspecified atom stereocenters. The number of fused-ring (bicyclic) bond motifs is 2. The minimum absolute atomic E-state index is 0.151. The standard InChI is InChI=1S/C26H20O3/c1-17-22(28)14-15-23-25(17)26(18-8-4-2-5-9-18,19-10-6-3-7-11-19)21-13-12-20(27)16-24(21)29-23/h2-16,27-28H,1H3. The fourth-order valence-corrected chi connectivity index (χ4v) is 4.53. The first kappa shape index (κ1) is 17.4. The summed E-state index contributed by atoms with van der Waals surface area (Å²) < 4.78 is 6.22. The second-order valence-corrected chi connectivity index (χ2v) is 7.35. The van der Waals surface area contributed by atoms with Crippen LogP contribution in [-0.4, -0.2) is 10.2 Å². The van der Waals surface area contributed by atoms with Gasteiger partial charge in [0.1, 0.15) is 23.0 Å². The van der Waals surface area contributed by atoms with Crippen LogP contribution in [0.5, 0.6) is 23.0 Å². The minimum atomic E-state index is -0.693. The number of benzene rings is 4. The number of rotatable bonds is 2. The molecule has 0 saturated heterocycles. The molecule has 0 fully saturated rings. The molecule has 142 valence electrons. The number of hydrogen-bond acceptors (Lipinski definition) is 3. The summed E-state index contributed by atoms with van der Waals surface area (Å²) >= 11 is 0. The number of hydrogen-bond donors (Lipinski definition) is 2. The molecular formula is C26H20O3. The maximum atomic E-state index is 10.6. The van der Waals surface area contributed by atoms with E-state index in [2.05, 4.69) is 24.3 Å². The summed E-state index contributed by atoms with van der Waals surface area (Å²) in [5.41, 5.74) is 4.05. The van der Waals surface area contributed by atoms with Crippen molar-refractivity contribution in [2.75, 3.05) is 0 Å². The third-order valence-electron chi connectivity index (χ3n) is 5.78. The van der Waals surface area contributed by atoms with Gasteiger partial charge in [0.25, 0.3) is 0 Å². The van der Waals surface area contributed by atoms with Crippen molar-refractivity contribution in [1.82, 2.24) is 0 Å². The fourth-order valence-electron chi connectivity index (χ4n) is 4.53. The van der Waals surface area contributed by atoms with E-state index >= 15 is 0 Å². The maximum absolute atomic E-state index is 10.6. The summed E-state index contributed by atoms with van der Waals surface area (Å²) in [4.78, 5) is 0. The monoisotopic (exact) mass is 380 g/mol. The van der Waals surface area contributed by atoms with Crippen LogP contribution in [0.3, 0.4) is 0 Å². The largest absolute Gasteiger partial charge is 0.508 e. The van der Waals surface area contributed by atoms with E-state index in [1.54, 1.807) is 24.3 Å². The molecule has 0 aromatic heterocycles. The van der Waals surface area contributed by atoms with E-state index in [9.17, 15) is 10.2 Å². The normalized spacial score (nSPS) is 13.8. The van der Waals surface area contributed by atoms with E-state index in [1.807, 2.05) is 49.4 Å². The average molecular weight is 380 g/mol. The predicted octanol–water partition coefficient (Wildman–Crippen LogP) is 5.89. The van der Waals surface area contributed by atoms with Crippen molar-refractivity contribution in [3.8, 4) is 23.0 Å². The molecule has 2 N–H and O–H groups in total. The van der Waals surface area contributed by atoms with Gasteiger partial charge >= 0.3 is 0 Å². The van der Waals surface area contributed by atoms with Crippen LogP contribution >= 0.6 is 0 Å². The third-order valence-corrected chi connectivity index (χ3v) is 5.78. The molecule has 3 nitrogen and oxygen atoms in total. The van der Waals surface area contributed by atoms with Crippen molar-refractivity contribution >= 4 is 0 Å². The van der Waals surface area contributed by atoms with E-state index in [-0.39, 0.29) is 11.5 Å². The second kappa shape index (κ2) is 6.42. The van der Waals surface area contributed by atoms with Gasteiger partial charge in [0.2, 0.25) is 0 Å². The van der Waals surface area contributed by atoms with Crippen molar-refractivity contribution < 1.29 is 14.9 Å². The topological polar surface area (TPSA) is 49.7 Å². The molecule has 0 aliphatic carbocycles. The zero-order valence-corrected chi connectivity index (χ0v) is 16.0. The van der Waals surface area contributed by atoms with Crippen LogP contribution in [-0.2, 0) is 5.41 Å². The lowest BCUT2D eigenvalue weighted by Gasteiger charge is -2.42. The Morgan fingerprint density at radius 1 is 0.690 bits per heavy atom. The molecule has 1 aliphatic heterocycles. The highest BCUT2D eigenvalue weighted by Crippen LogP contribution is 2.57. The first-order valence-corrected chi connectivity index (χ1v) is 9.58. The predicted molar refractivity (Wildman–Crippen MR) is 113 cm³/mol. The Balaban J connectivity index is 2.01. The Morgan fingerprint density at radius 2 is 1.31 bits per heavy atom. The Morgan fingerprint density at radius 3 is 1.93 bits per heavy atom. The quantitative estimate of drug-likeness (QED) is 0.401. The van der Waals surface area contributed by atoms with Crippen LogP contribution in [0, 0.1) is 6.92 Å². The Labute approximate surface area is 169 Å². The molecule has 0 spiro atoms. The van der Waals surface area contributed by atoms with Crippen LogP contribution in [0.2, 0.25) is 0 Å². The van der Waals surface area contributed by atoms with Crippen molar-refractivity contribution in [3.05, 3.63) is 119 Å². The highest BCUT2D eigenvalue weighted by atomic mass is 16.5. The molecule has 0 atom stereocenters. The SMILES string of the molecule is Cc1c(O)ccc2c1C(c1ccccc1)(c1ccccc1)c1ccc(O)cc1O2. The van der Waals surface area contributed by atoms with Gasteiger partial charge in [-0.1, -0.05) is 66.7 Å². The van der Waals surface area contributed by atoms with Gasteiger partial charge in [0.05, 0.1) is 5.41 Å². The molecule has 4 aromatic rings. The van der Waals surface area contributed by atoms with Gasteiger partial charge < -0.3 is 14.9 Å². The van der Waals surface area contributed by atoms with Crippen LogP contribution in [0.1, 0.15) is 27.8 Å². The lowest BCUT2D eigenvalue weighted by Crippen LogP contribution is -2.35. The Kier molecular flexibility index (Phi) is 3.85. The number of phenols is 2. The summed E-state index contributed by atoms with van der Waals surface area (Å²) in [6.45, 7) is 1.92. The molecule has 4 aromatic carbocycles. The minimum Gasteiger partial charge on any atom is -0.508 e. The van der Waals surface area contributed by atoms with E-state index < -0.39 is 5.41 Å². The van der Waals surface area contributed by atoms with Crippen LogP contribution in [0.25, 0.3) is 0 Å². The number of aromatic hydroxyl groups is 2. The molecule has 0 radical (unpaired) electrons. The van der Waals surface area contributed by atoms with Crippen LogP contribution in [0.4, 0.5) is 0 Å². The van der Waals surface area contributed by atoms with Gasteiger partial charge in [-0.05, 0) is 41.8 Å². The summed E-state index contributed by atoms with van der Waals surface area (Å²) in [5.74, 6) is 1.66. The summed E-state index contributed by atoms with van der Waals surface area (Å²) in [7, 11) is 0. The van der Waals surface area contributed by atoms with Crippen molar-refractivity contribution in [2.45, 2.75) is 12.3 Å². The van der Waals surface area contributed by atoms with Crippen LogP contribution in [0.15, 0.2) is 91.0 Å². The summed E-state index contributed by atoms with van der Waals surface area (Å²) in [6.07, 6.45) is 0. The first-order chi connectivity index (χ1) is 14.1. The Bertz CT molecular complexity index is 1160. The van der Waals surface area contributed by atoms with Gasteiger partial charge in [0, 0.05) is 17.2 Å². The fraction of sp³-hybridized carbons (Fsp3) is 0.0769. The Hall–Kier alpha value is -3.72. The molecule has 5 rings (SSSR count). The van der Waals surface area contributed by atoms with Crippen LogP contribution < -0.4 is 4.74 Å².